The van der Waals surface area contributed by atoms with Crippen LogP contribution < -0.4 is 11.1 Å². The summed E-state index contributed by atoms with van der Waals surface area (Å²) in [5.41, 5.74) is 5.67. The molecular weight excluding hydrogens is 194 g/mol. The van der Waals surface area contributed by atoms with Crippen LogP contribution in [0.15, 0.2) is 10.6 Å². The fourth-order valence-corrected chi connectivity index (χ4v) is 1.07. The van der Waals surface area contributed by atoms with Crippen LogP contribution in [0.5, 0.6) is 0 Å². The van der Waals surface area contributed by atoms with Gasteiger partial charge in [-0.25, -0.2) is 4.98 Å². The Labute approximate surface area is 89.1 Å². The van der Waals surface area contributed by atoms with E-state index in [4.69, 9.17) is 10.2 Å². The van der Waals surface area contributed by atoms with Crippen LogP contribution in [-0.2, 0) is 11.3 Å². The van der Waals surface area contributed by atoms with Crippen molar-refractivity contribution in [1.29, 1.82) is 0 Å². The lowest BCUT2D eigenvalue weighted by atomic mass is 10.1. The first-order valence-corrected chi connectivity index (χ1v) is 4.95. The molecule has 0 aromatic carbocycles. The molecule has 0 unspecified atom stereocenters. The summed E-state index contributed by atoms with van der Waals surface area (Å²) in [5, 5.41) is 2.67. The highest BCUT2D eigenvalue weighted by Crippen LogP contribution is 2.02. The smallest absolute Gasteiger partial charge is 0.237 e. The highest BCUT2D eigenvalue weighted by Gasteiger charge is 2.17. The molecule has 1 rings (SSSR count). The standard InChI is InChI=1S/C10H17N3O2/c1-6(2)9(11)10(14)13-5-8-12-4-7(3)15-8/h4,6,9H,5,11H2,1-3H3,(H,13,14)/t9-/m1/s1. The lowest BCUT2D eigenvalue weighted by molar-refractivity contribution is -0.123. The van der Waals surface area contributed by atoms with E-state index in [2.05, 4.69) is 10.3 Å². The van der Waals surface area contributed by atoms with E-state index in [1.165, 1.54) is 0 Å². The highest BCUT2D eigenvalue weighted by molar-refractivity contribution is 5.81. The third-order valence-electron chi connectivity index (χ3n) is 2.10. The van der Waals surface area contributed by atoms with Gasteiger partial charge in [0.1, 0.15) is 5.76 Å². The minimum absolute atomic E-state index is 0.122. The van der Waals surface area contributed by atoms with Crippen molar-refractivity contribution >= 4 is 5.91 Å². The molecule has 0 bridgehead atoms. The van der Waals surface area contributed by atoms with Gasteiger partial charge in [0.25, 0.3) is 0 Å². The molecule has 0 radical (unpaired) electrons. The molecule has 0 saturated heterocycles. The number of nitrogens with zero attached hydrogens (tertiary/aromatic N) is 1. The van der Waals surface area contributed by atoms with Crippen LogP contribution in [0.25, 0.3) is 0 Å². The zero-order valence-electron chi connectivity index (χ0n) is 9.28. The van der Waals surface area contributed by atoms with E-state index < -0.39 is 6.04 Å². The Morgan fingerprint density at radius 3 is 2.80 bits per heavy atom. The van der Waals surface area contributed by atoms with E-state index in [1.807, 2.05) is 13.8 Å². The van der Waals surface area contributed by atoms with Crippen LogP contribution in [0.1, 0.15) is 25.5 Å². The SMILES string of the molecule is Cc1cnc(CNC(=O)[C@H](N)C(C)C)o1. The van der Waals surface area contributed by atoms with Crippen molar-refractivity contribution in [2.24, 2.45) is 11.7 Å². The number of aryl methyl sites for hydroxylation is 1. The molecule has 1 atom stereocenters. The molecule has 1 aromatic rings. The van der Waals surface area contributed by atoms with Crippen molar-refractivity contribution in [3.8, 4) is 0 Å². The molecule has 15 heavy (non-hydrogen) atoms. The van der Waals surface area contributed by atoms with Crippen LogP contribution in [0.3, 0.4) is 0 Å². The maximum atomic E-state index is 11.5. The van der Waals surface area contributed by atoms with Crippen LogP contribution in [0.4, 0.5) is 0 Å². The van der Waals surface area contributed by atoms with Gasteiger partial charge in [0.05, 0.1) is 18.8 Å². The summed E-state index contributed by atoms with van der Waals surface area (Å²) >= 11 is 0. The van der Waals surface area contributed by atoms with Crippen LogP contribution in [0.2, 0.25) is 0 Å². The van der Waals surface area contributed by atoms with Crippen molar-refractivity contribution in [2.75, 3.05) is 0 Å². The predicted octanol–water partition coefficient (Wildman–Crippen LogP) is 0.583. The maximum absolute atomic E-state index is 11.5. The van der Waals surface area contributed by atoms with Gasteiger partial charge >= 0.3 is 0 Å². The van der Waals surface area contributed by atoms with Gasteiger partial charge in [0.2, 0.25) is 11.8 Å². The summed E-state index contributed by atoms with van der Waals surface area (Å²) < 4.78 is 5.21. The van der Waals surface area contributed by atoms with Crippen molar-refractivity contribution in [3.63, 3.8) is 0 Å². The Hall–Kier alpha value is -1.36. The number of nitrogens with two attached hydrogens (primary N) is 1. The fourth-order valence-electron chi connectivity index (χ4n) is 1.07. The first-order valence-electron chi connectivity index (χ1n) is 4.95. The number of hydrogen-bond donors (Lipinski definition) is 2. The molecule has 0 aliphatic rings. The normalized spacial score (nSPS) is 12.9. The molecular formula is C10H17N3O2. The van der Waals surface area contributed by atoms with Crippen LogP contribution >= 0.6 is 0 Å². The Bertz CT molecular complexity index is 333. The average Bonchev–Trinajstić information content (AvgIpc) is 2.59. The van der Waals surface area contributed by atoms with E-state index >= 15 is 0 Å². The summed E-state index contributed by atoms with van der Waals surface area (Å²) in [6.45, 7) is 5.89. The summed E-state index contributed by atoms with van der Waals surface area (Å²) in [7, 11) is 0. The minimum atomic E-state index is -0.485. The number of carbonyl (C=O) groups excluding carboxylic acids is 1. The second-order valence-electron chi connectivity index (χ2n) is 3.85. The third-order valence-corrected chi connectivity index (χ3v) is 2.10. The molecule has 3 N–H and O–H groups in total. The lowest BCUT2D eigenvalue weighted by Crippen LogP contribution is -2.43. The van der Waals surface area contributed by atoms with Gasteiger partial charge in [0.15, 0.2) is 0 Å². The number of carbonyl (C=O) groups is 1. The van der Waals surface area contributed by atoms with Crippen molar-refractivity contribution < 1.29 is 9.21 Å². The summed E-state index contributed by atoms with van der Waals surface area (Å²) in [6, 6.07) is -0.485. The zero-order valence-corrected chi connectivity index (χ0v) is 9.28. The van der Waals surface area contributed by atoms with Crippen molar-refractivity contribution in [2.45, 2.75) is 33.4 Å². The molecule has 0 aliphatic heterocycles. The van der Waals surface area contributed by atoms with Crippen LogP contribution in [0, 0.1) is 12.8 Å². The Morgan fingerprint density at radius 2 is 2.33 bits per heavy atom. The summed E-state index contributed by atoms with van der Waals surface area (Å²) in [6.07, 6.45) is 1.61. The zero-order chi connectivity index (χ0) is 11.4. The second-order valence-corrected chi connectivity index (χ2v) is 3.85. The van der Waals surface area contributed by atoms with Gasteiger partial charge in [-0.15, -0.1) is 0 Å². The third kappa shape index (κ3) is 3.36. The largest absolute Gasteiger partial charge is 0.444 e. The topological polar surface area (TPSA) is 81.2 Å². The van der Waals surface area contributed by atoms with Crippen molar-refractivity contribution in [1.82, 2.24) is 10.3 Å². The second kappa shape index (κ2) is 4.93. The van der Waals surface area contributed by atoms with E-state index in [9.17, 15) is 4.79 Å². The van der Waals surface area contributed by atoms with Gasteiger partial charge in [-0.05, 0) is 12.8 Å². The minimum Gasteiger partial charge on any atom is -0.444 e. The Kier molecular flexibility index (Phi) is 3.85. The summed E-state index contributed by atoms with van der Waals surface area (Å²) in [5.74, 6) is 1.17. The van der Waals surface area contributed by atoms with E-state index in [0.29, 0.717) is 5.89 Å². The molecule has 5 heteroatoms. The molecule has 5 nitrogen and oxygen atoms in total. The highest BCUT2D eigenvalue weighted by atomic mass is 16.4. The predicted molar refractivity (Wildman–Crippen MR) is 55.9 cm³/mol. The average molecular weight is 211 g/mol. The number of aromatic nitrogens is 1. The Balaban J connectivity index is 2.40. The quantitative estimate of drug-likeness (QED) is 0.763. The molecule has 0 fully saturated rings. The van der Waals surface area contributed by atoms with Gasteiger partial charge in [-0.2, -0.15) is 0 Å². The molecule has 0 aliphatic carbocycles. The first-order chi connectivity index (χ1) is 7.00. The van der Waals surface area contributed by atoms with Gasteiger partial charge in [-0.3, -0.25) is 4.79 Å². The number of rotatable bonds is 4. The molecule has 1 amide bonds. The first kappa shape index (κ1) is 11.7. The molecule has 1 aromatic heterocycles. The Morgan fingerprint density at radius 1 is 1.67 bits per heavy atom. The van der Waals surface area contributed by atoms with E-state index in [1.54, 1.807) is 13.1 Å². The monoisotopic (exact) mass is 211 g/mol. The number of nitrogens with one attached hydrogen (secondary N) is 1. The molecule has 84 valence electrons. The van der Waals surface area contributed by atoms with Crippen molar-refractivity contribution in [3.05, 3.63) is 17.8 Å². The molecule has 1 heterocycles. The van der Waals surface area contributed by atoms with Crippen LogP contribution in [-0.4, -0.2) is 16.9 Å². The van der Waals surface area contributed by atoms with E-state index in [-0.39, 0.29) is 18.4 Å². The summed E-state index contributed by atoms with van der Waals surface area (Å²) in [4.78, 5) is 15.4. The fraction of sp³-hybridized carbons (Fsp3) is 0.600. The van der Waals surface area contributed by atoms with E-state index in [0.717, 1.165) is 5.76 Å². The lowest BCUT2D eigenvalue weighted by Gasteiger charge is -2.14. The molecule has 0 spiro atoms. The van der Waals surface area contributed by atoms with Gasteiger partial charge in [0, 0.05) is 0 Å². The maximum Gasteiger partial charge on any atom is 0.237 e. The number of hydrogen-bond acceptors (Lipinski definition) is 4. The van der Waals surface area contributed by atoms with Gasteiger partial charge < -0.3 is 15.5 Å². The number of oxazole rings is 1. The van der Waals surface area contributed by atoms with Gasteiger partial charge in [-0.1, -0.05) is 13.8 Å². The molecule has 0 saturated carbocycles. The number of amides is 1.